The summed E-state index contributed by atoms with van der Waals surface area (Å²) in [5.74, 6) is 0. The van der Waals surface area contributed by atoms with E-state index in [0.29, 0.717) is 9.79 Å². The first-order valence-corrected chi connectivity index (χ1v) is 14.8. The Morgan fingerprint density at radius 1 is 0.424 bits per heavy atom. The minimum atomic E-state index is 0.141. The van der Waals surface area contributed by atoms with Crippen LogP contribution in [0.15, 0.2) is 9.79 Å². The molecular formula is C19H14Cl10N2S2. The monoisotopic (exact) mass is 684 g/mol. The van der Waals surface area contributed by atoms with E-state index in [9.17, 15) is 0 Å². The van der Waals surface area contributed by atoms with Gasteiger partial charge in [-0.25, -0.2) is 0 Å². The lowest BCUT2D eigenvalue weighted by molar-refractivity contribution is 0.529. The lowest BCUT2D eigenvalue weighted by Crippen LogP contribution is -2.25. The average Bonchev–Trinajstić information content (AvgIpc) is 3.04. The van der Waals surface area contributed by atoms with Gasteiger partial charge in [0.25, 0.3) is 0 Å². The molecule has 2 atom stereocenters. The third-order valence-electron chi connectivity index (χ3n) is 4.96. The topological polar surface area (TPSA) is 24.1 Å². The molecule has 1 fully saturated rings. The molecule has 0 saturated heterocycles. The van der Waals surface area contributed by atoms with E-state index in [1.54, 1.807) is 0 Å². The van der Waals surface area contributed by atoms with Crippen LogP contribution in [0, 0.1) is 0 Å². The van der Waals surface area contributed by atoms with Crippen molar-refractivity contribution in [3.05, 3.63) is 50.2 Å². The van der Waals surface area contributed by atoms with E-state index < -0.39 is 0 Å². The second-order valence-electron chi connectivity index (χ2n) is 7.14. The van der Waals surface area contributed by atoms with Gasteiger partial charge in [-0.15, -0.1) is 0 Å². The molecule has 0 amide bonds. The summed E-state index contributed by atoms with van der Waals surface area (Å²) in [5, 5.41) is 2.08. The zero-order valence-electron chi connectivity index (χ0n) is 16.3. The number of benzene rings is 2. The van der Waals surface area contributed by atoms with Crippen molar-refractivity contribution in [2.45, 2.75) is 54.0 Å². The highest BCUT2D eigenvalue weighted by molar-refractivity contribution is 7.98. The van der Waals surface area contributed by atoms with Crippen LogP contribution in [-0.2, 0) is 0 Å². The first-order chi connectivity index (χ1) is 15.5. The molecule has 0 bridgehead atoms. The smallest absolute Gasteiger partial charge is 0.0809 e. The van der Waals surface area contributed by atoms with Crippen molar-refractivity contribution in [3.8, 4) is 0 Å². The zero-order chi connectivity index (χ0) is 24.4. The predicted molar refractivity (Wildman–Crippen MR) is 152 cm³/mol. The summed E-state index contributed by atoms with van der Waals surface area (Å²) in [6, 6.07) is 0.470. The third-order valence-corrected chi connectivity index (χ3v) is 12.1. The Labute approximate surface area is 251 Å². The van der Waals surface area contributed by atoms with Crippen LogP contribution in [0.1, 0.15) is 32.1 Å². The van der Waals surface area contributed by atoms with E-state index in [-0.39, 0.29) is 62.3 Å². The number of hydrogen-bond donors (Lipinski definition) is 2. The van der Waals surface area contributed by atoms with Gasteiger partial charge in [-0.2, -0.15) is 0 Å². The molecule has 2 unspecified atom stereocenters. The average molecular weight is 689 g/mol. The van der Waals surface area contributed by atoms with Crippen LogP contribution in [0.5, 0.6) is 0 Å². The molecule has 1 aliphatic rings. The third kappa shape index (κ3) is 6.89. The number of hydrogen-bond acceptors (Lipinski definition) is 4. The highest BCUT2D eigenvalue weighted by Crippen LogP contribution is 2.48. The van der Waals surface area contributed by atoms with Crippen LogP contribution in [-0.4, -0.2) is 12.1 Å². The van der Waals surface area contributed by atoms with Gasteiger partial charge in [-0.3, -0.25) is 9.44 Å². The molecule has 0 aromatic heterocycles. The van der Waals surface area contributed by atoms with Crippen molar-refractivity contribution >= 4 is 140 Å². The van der Waals surface area contributed by atoms with Gasteiger partial charge in [-0.05, 0) is 49.6 Å². The van der Waals surface area contributed by atoms with E-state index >= 15 is 0 Å². The molecule has 3 rings (SSSR count). The summed E-state index contributed by atoms with van der Waals surface area (Å²) < 4.78 is 6.86. The lowest BCUT2D eigenvalue weighted by Gasteiger charge is -2.19. The number of halogens is 10. The molecule has 1 aliphatic carbocycles. The molecule has 1 saturated carbocycles. The van der Waals surface area contributed by atoms with Gasteiger partial charge in [0.1, 0.15) is 0 Å². The maximum Gasteiger partial charge on any atom is 0.0809 e. The molecular weight excluding hydrogens is 675 g/mol. The van der Waals surface area contributed by atoms with Crippen LogP contribution in [0.25, 0.3) is 0 Å². The second-order valence-corrected chi connectivity index (χ2v) is 12.6. The minimum Gasteiger partial charge on any atom is -0.257 e. The van der Waals surface area contributed by atoms with Crippen LogP contribution >= 0.6 is 140 Å². The van der Waals surface area contributed by atoms with Gasteiger partial charge in [-0.1, -0.05) is 122 Å². The molecule has 0 spiro atoms. The molecule has 0 radical (unpaired) electrons. The zero-order valence-corrected chi connectivity index (χ0v) is 25.5. The van der Waals surface area contributed by atoms with Gasteiger partial charge < -0.3 is 0 Å². The predicted octanol–water partition coefficient (Wildman–Crippen LogP) is 11.8. The Morgan fingerprint density at radius 2 is 0.697 bits per heavy atom. The molecule has 14 heteroatoms. The molecule has 2 aromatic carbocycles. The molecule has 0 aliphatic heterocycles. The molecule has 2 N–H and O–H groups in total. The standard InChI is InChI=1S/C19H14Cl10N2S2/c20-8-10(22)14(26)18(15(27)11(8)23)32-30-6-2-1-3-7(5-4-6)31-33-19-16(28)12(24)9(21)13(25)17(19)29/h6-7,30-31H,1-5H2. The Morgan fingerprint density at radius 3 is 1.00 bits per heavy atom. The molecule has 33 heavy (non-hydrogen) atoms. The SMILES string of the molecule is Clc1c(Cl)c(Cl)c(SNC2CCCC(NSc3c(Cl)c(Cl)c(Cl)c(Cl)c3Cl)CC2)c(Cl)c1Cl. The first kappa shape index (κ1) is 29.5. The summed E-state index contributed by atoms with van der Waals surface area (Å²) in [7, 11) is 0. The molecule has 2 nitrogen and oxygen atoms in total. The highest BCUT2D eigenvalue weighted by atomic mass is 35.5. The second kappa shape index (κ2) is 13.2. The van der Waals surface area contributed by atoms with Crippen LogP contribution < -0.4 is 9.44 Å². The summed E-state index contributed by atoms with van der Waals surface area (Å²) in [5.41, 5.74) is 0. The Bertz CT molecular complexity index is 913. The van der Waals surface area contributed by atoms with Crippen molar-refractivity contribution in [1.29, 1.82) is 0 Å². The quantitative estimate of drug-likeness (QED) is 0.137. The molecule has 182 valence electrons. The van der Waals surface area contributed by atoms with Crippen LogP contribution in [0.2, 0.25) is 50.2 Å². The fourth-order valence-electron chi connectivity index (χ4n) is 3.17. The number of rotatable bonds is 6. The van der Waals surface area contributed by atoms with Gasteiger partial charge >= 0.3 is 0 Å². The minimum absolute atomic E-state index is 0.141. The van der Waals surface area contributed by atoms with E-state index in [4.69, 9.17) is 116 Å². The largest absolute Gasteiger partial charge is 0.257 e. The molecule has 0 heterocycles. The maximum absolute atomic E-state index is 6.32. The van der Waals surface area contributed by atoms with Crippen LogP contribution in [0.4, 0.5) is 0 Å². The van der Waals surface area contributed by atoms with Gasteiger partial charge in [0.05, 0.1) is 60.0 Å². The van der Waals surface area contributed by atoms with Crippen molar-refractivity contribution < 1.29 is 0 Å². The van der Waals surface area contributed by atoms with E-state index in [2.05, 4.69) is 9.44 Å². The highest BCUT2D eigenvalue weighted by Gasteiger charge is 2.24. The van der Waals surface area contributed by atoms with Crippen molar-refractivity contribution in [1.82, 2.24) is 9.44 Å². The Kier molecular flexibility index (Phi) is 11.8. The Hall–Kier alpha value is 1.96. The number of nitrogens with one attached hydrogen (secondary N) is 2. The summed E-state index contributed by atoms with van der Waals surface area (Å²) in [6.45, 7) is 0. The maximum atomic E-state index is 6.32. The Balaban J connectivity index is 1.59. The summed E-state index contributed by atoms with van der Waals surface area (Å²) in [6.07, 6.45) is 4.78. The van der Waals surface area contributed by atoms with E-state index in [0.717, 1.165) is 32.1 Å². The van der Waals surface area contributed by atoms with Crippen LogP contribution in [0.3, 0.4) is 0 Å². The van der Waals surface area contributed by atoms with Crippen molar-refractivity contribution in [3.63, 3.8) is 0 Å². The lowest BCUT2D eigenvalue weighted by atomic mass is 10.1. The normalized spacial score (nSPS) is 19.1. The van der Waals surface area contributed by atoms with Crippen molar-refractivity contribution in [2.24, 2.45) is 0 Å². The summed E-state index contributed by atoms with van der Waals surface area (Å²) in [4.78, 5) is 1.10. The van der Waals surface area contributed by atoms with E-state index in [1.807, 2.05) is 0 Å². The fraction of sp³-hybridized carbons (Fsp3) is 0.368. The molecule has 2 aromatic rings. The summed E-state index contributed by atoms with van der Waals surface area (Å²) >= 11 is 64.7. The van der Waals surface area contributed by atoms with E-state index in [1.165, 1.54) is 23.9 Å². The van der Waals surface area contributed by atoms with Gasteiger partial charge in [0, 0.05) is 12.1 Å². The fourth-order valence-corrected chi connectivity index (χ4v) is 7.94. The first-order valence-electron chi connectivity index (χ1n) is 9.42. The van der Waals surface area contributed by atoms with Gasteiger partial charge in [0.15, 0.2) is 0 Å². The van der Waals surface area contributed by atoms with Crippen molar-refractivity contribution in [2.75, 3.05) is 0 Å². The van der Waals surface area contributed by atoms with Gasteiger partial charge in [0.2, 0.25) is 0 Å².